The molecule has 0 unspecified atom stereocenters. The van der Waals surface area contributed by atoms with Crippen LogP contribution in [0.15, 0.2) is 79.4 Å². The molecule has 4 rings (SSSR count). The van der Waals surface area contributed by atoms with Crippen molar-refractivity contribution in [2.75, 3.05) is 0 Å². The molecular weight excluding hydrogens is 379 g/mol. The molecule has 0 N–H and O–H groups in total. The molecule has 0 radical (unpaired) electrons. The summed E-state index contributed by atoms with van der Waals surface area (Å²) < 4.78 is 17.5. The van der Waals surface area contributed by atoms with Crippen LogP contribution in [0, 0.1) is 12.7 Å². The minimum Gasteiger partial charge on any atom is -0.289 e. The lowest BCUT2D eigenvalue weighted by Crippen LogP contribution is -2.02. The minimum absolute atomic E-state index is 0.212. The first-order chi connectivity index (χ1) is 14.6. The van der Waals surface area contributed by atoms with Crippen molar-refractivity contribution in [2.45, 2.75) is 20.0 Å². The Morgan fingerprint density at radius 3 is 2.43 bits per heavy atom. The molecule has 0 aliphatic rings. The Labute approximate surface area is 174 Å². The molecule has 2 heterocycles. The highest BCUT2D eigenvalue weighted by atomic mass is 19.1. The van der Waals surface area contributed by atoms with Gasteiger partial charge < -0.3 is 0 Å². The molecule has 0 amide bonds. The molecule has 0 aliphatic heterocycles. The van der Waals surface area contributed by atoms with Crippen LogP contribution in [0.25, 0.3) is 6.08 Å². The third-order valence-corrected chi connectivity index (χ3v) is 4.76. The van der Waals surface area contributed by atoms with E-state index in [2.05, 4.69) is 22.3 Å². The van der Waals surface area contributed by atoms with Crippen molar-refractivity contribution >= 4 is 11.9 Å². The molecule has 150 valence electrons. The SMILES string of the molecule is Cc1ccc(/C=C/C(=O)c2cnn(Cc3ccc(Cn4cccn4)cc3)c2)c(F)c1. The van der Waals surface area contributed by atoms with Gasteiger partial charge in [0, 0.05) is 24.2 Å². The Balaban J connectivity index is 1.38. The van der Waals surface area contributed by atoms with E-state index in [1.165, 1.54) is 24.4 Å². The Bertz CT molecular complexity index is 1170. The fourth-order valence-electron chi connectivity index (χ4n) is 3.12. The Morgan fingerprint density at radius 2 is 1.77 bits per heavy atom. The van der Waals surface area contributed by atoms with Crippen LogP contribution in [-0.4, -0.2) is 25.3 Å². The molecule has 0 saturated heterocycles. The average molecular weight is 400 g/mol. The summed E-state index contributed by atoms with van der Waals surface area (Å²) in [5.41, 5.74) is 3.93. The lowest BCUT2D eigenvalue weighted by atomic mass is 10.1. The van der Waals surface area contributed by atoms with Crippen LogP contribution in [0.1, 0.15) is 32.6 Å². The molecule has 30 heavy (non-hydrogen) atoms. The number of aryl methyl sites for hydroxylation is 1. The zero-order valence-corrected chi connectivity index (χ0v) is 16.6. The lowest BCUT2D eigenvalue weighted by molar-refractivity contribution is 0.104. The van der Waals surface area contributed by atoms with E-state index in [9.17, 15) is 9.18 Å². The smallest absolute Gasteiger partial charge is 0.189 e. The normalized spacial score (nSPS) is 11.3. The molecule has 4 aromatic rings. The molecule has 0 saturated carbocycles. The molecule has 5 nitrogen and oxygen atoms in total. The predicted molar refractivity (Wildman–Crippen MR) is 114 cm³/mol. The fraction of sp³-hybridized carbons (Fsp3) is 0.125. The van der Waals surface area contributed by atoms with Crippen molar-refractivity contribution in [3.63, 3.8) is 0 Å². The maximum Gasteiger partial charge on any atom is 0.189 e. The summed E-state index contributed by atoms with van der Waals surface area (Å²) in [7, 11) is 0. The first kappa shape index (κ1) is 19.5. The number of halogens is 1. The van der Waals surface area contributed by atoms with E-state index in [0.717, 1.165) is 23.2 Å². The van der Waals surface area contributed by atoms with Gasteiger partial charge in [0.25, 0.3) is 0 Å². The summed E-state index contributed by atoms with van der Waals surface area (Å²) in [6, 6.07) is 15.0. The second-order valence-electron chi connectivity index (χ2n) is 7.17. The van der Waals surface area contributed by atoms with E-state index < -0.39 is 0 Å². The van der Waals surface area contributed by atoms with E-state index >= 15 is 0 Å². The van der Waals surface area contributed by atoms with Gasteiger partial charge in [0.15, 0.2) is 5.78 Å². The summed E-state index contributed by atoms with van der Waals surface area (Å²) in [6.07, 6.45) is 9.79. The van der Waals surface area contributed by atoms with Crippen LogP contribution in [0.4, 0.5) is 4.39 Å². The van der Waals surface area contributed by atoms with Gasteiger partial charge >= 0.3 is 0 Å². The highest BCUT2D eigenvalue weighted by Crippen LogP contribution is 2.13. The van der Waals surface area contributed by atoms with Crippen LogP contribution in [0.5, 0.6) is 0 Å². The van der Waals surface area contributed by atoms with Gasteiger partial charge in [-0.25, -0.2) is 4.39 Å². The maximum atomic E-state index is 13.9. The van der Waals surface area contributed by atoms with Crippen molar-refractivity contribution in [1.82, 2.24) is 19.6 Å². The summed E-state index contributed by atoms with van der Waals surface area (Å²) in [5, 5.41) is 8.48. The third kappa shape index (κ3) is 4.78. The van der Waals surface area contributed by atoms with Gasteiger partial charge in [-0.05, 0) is 47.9 Å². The largest absolute Gasteiger partial charge is 0.289 e. The summed E-state index contributed by atoms with van der Waals surface area (Å²) in [5.74, 6) is -0.554. The van der Waals surface area contributed by atoms with Crippen molar-refractivity contribution in [3.8, 4) is 0 Å². The zero-order chi connectivity index (χ0) is 20.9. The molecule has 0 spiro atoms. The monoisotopic (exact) mass is 400 g/mol. The number of hydrogen-bond acceptors (Lipinski definition) is 3. The van der Waals surface area contributed by atoms with E-state index in [1.54, 1.807) is 23.1 Å². The molecule has 2 aromatic heterocycles. The van der Waals surface area contributed by atoms with Gasteiger partial charge in [0.1, 0.15) is 5.82 Å². The lowest BCUT2D eigenvalue weighted by Gasteiger charge is -2.05. The van der Waals surface area contributed by atoms with Crippen molar-refractivity contribution < 1.29 is 9.18 Å². The minimum atomic E-state index is -0.342. The molecule has 6 heteroatoms. The van der Waals surface area contributed by atoms with Crippen molar-refractivity contribution in [2.24, 2.45) is 0 Å². The van der Waals surface area contributed by atoms with Gasteiger partial charge in [-0.3, -0.25) is 14.2 Å². The number of nitrogens with zero attached hydrogens (tertiary/aromatic N) is 4. The quantitative estimate of drug-likeness (QED) is 0.339. The number of ketones is 1. The maximum absolute atomic E-state index is 13.9. The number of aromatic nitrogens is 4. The van der Waals surface area contributed by atoms with Gasteiger partial charge in [-0.2, -0.15) is 10.2 Å². The number of carbonyl (C=O) groups excluding carboxylic acids is 1. The van der Waals surface area contributed by atoms with E-state index in [0.29, 0.717) is 17.7 Å². The fourth-order valence-corrected chi connectivity index (χ4v) is 3.12. The molecule has 2 aromatic carbocycles. The van der Waals surface area contributed by atoms with Crippen LogP contribution in [-0.2, 0) is 13.1 Å². The van der Waals surface area contributed by atoms with Crippen LogP contribution < -0.4 is 0 Å². The molecule has 0 bridgehead atoms. The highest BCUT2D eigenvalue weighted by molar-refractivity contribution is 6.06. The number of benzene rings is 2. The summed E-state index contributed by atoms with van der Waals surface area (Å²) in [6.45, 7) is 3.11. The third-order valence-electron chi connectivity index (χ3n) is 4.76. The van der Waals surface area contributed by atoms with Gasteiger partial charge in [-0.15, -0.1) is 0 Å². The van der Waals surface area contributed by atoms with E-state index in [1.807, 2.05) is 42.1 Å². The second kappa shape index (κ2) is 8.69. The molecule has 0 atom stereocenters. The zero-order valence-electron chi connectivity index (χ0n) is 16.6. The Morgan fingerprint density at radius 1 is 1.03 bits per heavy atom. The number of allylic oxidation sites excluding steroid dienone is 1. The summed E-state index contributed by atoms with van der Waals surface area (Å²) >= 11 is 0. The second-order valence-corrected chi connectivity index (χ2v) is 7.17. The van der Waals surface area contributed by atoms with E-state index in [4.69, 9.17) is 0 Å². The standard InChI is InChI=1S/C24H21FN4O/c1-18-3-8-21(23(25)13-18)9-10-24(30)22-14-27-29(17-22)16-20-6-4-19(5-7-20)15-28-12-2-11-26-28/h2-14,17H,15-16H2,1H3/b10-9+. The predicted octanol–water partition coefficient (Wildman–Crippen LogP) is 4.52. The van der Waals surface area contributed by atoms with Gasteiger partial charge in [0.05, 0.1) is 24.8 Å². The molecule has 0 fully saturated rings. The number of hydrogen-bond donors (Lipinski definition) is 0. The van der Waals surface area contributed by atoms with E-state index in [-0.39, 0.29) is 11.6 Å². The number of rotatable bonds is 7. The van der Waals surface area contributed by atoms with Gasteiger partial charge in [0.2, 0.25) is 0 Å². The van der Waals surface area contributed by atoms with Gasteiger partial charge in [-0.1, -0.05) is 36.4 Å². The molecule has 0 aliphatic carbocycles. The van der Waals surface area contributed by atoms with Crippen molar-refractivity contribution in [1.29, 1.82) is 0 Å². The van der Waals surface area contributed by atoms with Crippen LogP contribution in [0.2, 0.25) is 0 Å². The Kier molecular flexibility index (Phi) is 5.66. The van der Waals surface area contributed by atoms with Crippen molar-refractivity contribution in [3.05, 3.63) is 113 Å². The summed E-state index contributed by atoms with van der Waals surface area (Å²) in [4.78, 5) is 12.4. The topological polar surface area (TPSA) is 52.7 Å². The number of carbonyl (C=O) groups is 1. The average Bonchev–Trinajstić information content (AvgIpc) is 3.41. The Hall–Kier alpha value is -3.80. The molecular formula is C24H21FN4O. The first-order valence-electron chi connectivity index (χ1n) is 9.63. The van der Waals surface area contributed by atoms with Crippen LogP contribution in [0.3, 0.4) is 0 Å². The first-order valence-corrected chi connectivity index (χ1v) is 9.63. The van der Waals surface area contributed by atoms with Crippen LogP contribution >= 0.6 is 0 Å². The highest BCUT2D eigenvalue weighted by Gasteiger charge is 2.07.